The Morgan fingerprint density at radius 3 is 2.38 bits per heavy atom. The Hall–Kier alpha value is -2.82. The molecule has 0 aliphatic rings. The Kier molecular flexibility index (Phi) is 4.56. The molecule has 0 aliphatic heterocycles. The molecule has 0 aromatic heterocycles. The maximum atomic E-state index is 12.0. The van der Waals surface area contributed by atoms with Crippen LogP contribution >= 0.6 is 0 Å². The highest BCUT2D eigenvalue weighted by Gasteiger charge is 2.11. The highest BCUT2D eigenvalue weighted by molar-refractivity contribution is 6.04. The third-order valence-corrected chi connectivity index (χ3v) is 3.03. The highest BCUT2D eigenvalue weighted by atomic mass is 16.5. The van der Waals surface area contributed by atoms with Crippen LogP contribution in [0.15, 0.2) is 48.5 Å². The second kappa shape index (κ2) is 6.56. The molecule has 0 bridgehead atoms. The van der Waals surface area contributed by atoms with E-state index in [1.807, 2.05) is 0 Å². The number of Topliss-reactive ketones (excluding diaryl/α,β-unsaturated/α-hetero) is 1. The van der Waals surface area contributed by atoms with Crippen molar-refractivity contribution in [1.82, 2.24) is 5.32 Å². The smallest absolute Gasteiger partial charge is 0.253 e. The molecule has 0 fully saturated rings. The van der Waals surface area contributed by atoms with Gasteiger partial charge in [-0.3, -0.25) is 9.59 Å². The van der Waals surface area contributed by atoms with Crippen molar-refractivity contribution in [2.75, 3.05) is 19.4 Å². The van der Waals surface area contributed by atoms with E-state index in [1.165, 1.54) is 0 Å². The molecule has 0 spiro atoms. The number of hydrogen-bond donors (Lipinski definition) is 2. The van der Waals surface area contributed by atoms with Gasteiger partial charge in [0.25, 0.3) is 5.91 Å². The number of rotatable bonds is 5. The van der Waals surface area contributed by atoms with E-state index < -0.39 is 0 Å². The molecule has 5 heteroatoms. The molecule has 0 saturated carbocycles. The van der Waals surface area contributed by atoms with Gasteiger partial charge in [0.05, 0.1) is 19.2 Å². The second-order valence-electron chi connectivity index (χ2n) is 4.42. The van der Waals surface area contributed by atoms with E-state index in [0.717, 1.165) is 0 Å². The van der Waals surface area contributed by atoms with Crippen LogP contribution in [0.25, 0.3) is 0 Å². The molecule has 2 rings (SSSR count). The first-order valence-corrected chi connectivity index (χ1v) is 6.42. The van der Waals surface area contributed by atoms with Crippen LogP contribution in [0.3, 0.4) is 0 Å². The minimum atomic E-state index is -0.366. The predicted octanol–water partition coefficient (Wildman–Crippen LogP) is 1.89. The third-order valence-electron chi connectivity index (χ3n) is 3.03. The van der Waals surface area contributed by atoms with Crippen molar-refractivity contribution in [1.29, 1.82) is 0 Å². The van der Waals surface area contributed by atoms with Gasteiger partial charge in [-0.1, -0.05) is 12.1 Å². The Balaban J connectivity index is 1.97. The number of nitrogens with one attached hydrogen (secondary N) is 1. The van der Waals surface area contributed by atoms with Crippen LogP contribution in [-0.4, -0.2) is 25.3 Å². The van der Waals surface area contributed by atoms with Gasteiger partial charge in [-0.25, -0.2) is 0 Å². The quantitative estimate of drug-likeness (QED) is 0.649. The summed E-state index contributed by atoms with van der Waals surface area (Å²) in [6, 6.07) is 13.4. The van der Waals surface area contributed by atoms with Gasteiger partial charge in [-0.2, -0.15) is 0 Å². The van der Waals surface area contributed by atoms with E-state index >= 15 is 0 Å². The predicted molar refractivity (Wildman–Crippen MR) is 80.5 cm³/mol. The van der Waals surface area contributed by atoms with Crippen LogP contribution in [0.1, 0.15) is 20.7 Å². The molecular weight excluding hydrogens is 268 g/mol. The lowest BCUT2D eigenvalue weighted by molar-refractivity contribution is 0.0904. The molecule has 0 heterocycles. The fourth-order valence-electron chi connectivity index (χ4n) is 1.84. The number of hydrogen-bond acceptors (Lipinski definition) is 4. The van der Waals surface area contributed by atoms with Crippen LogP contribution < -0.4 is 15.8 Å². The van der Waals surface area contributed by atoms with Crippen molar-refractivity contribution in [3.63, 3.8) is 0 Å². The molecule has 3 N–H and O–H groups in total. The molecule has 21 heavy (non-hydrogen) atoms. The summed E-state index contributed by atoms with van der Waals surface area (Å²) in [6.45, 7) is -0.0838. The lowest BCUT2D eigenvalue weighted by atomic mass is 10.1. The first-order chi connectivity index (χ1) is 10.1. The van der Waals surface area contributed by atoms with Gasteiger partial charge < -0.3 is 15.8 Å². The molecule has 0 radical (unpaired) electrons. The van der Waals surface area contributed by atoms with Gasteiger partial charge in [-0.05, 0) is 36.4 Å². The summed E-state index contributed by atoms with van der Waals surface area (Å²) < 4.78 is 5.02. The van der Waals surface area contributed by atoms with Crippen molar-refractivity contribution >= 4 is 17.4 Å². The van der Waals surface area contributed by atoms with Crippen molar-refractivity contribution in [2.24, 2.45) is 0 Å². The molecule has 0 unspecified atom stereocenters. The number of anilines is 1. The van der Waals surface area contributed by atoms with E-state index in [0.29, 0.717) is 22.6 Å². The van der Waals surface area contributed by atoms with Crippen molar-refractivity contribution in [3.8, 4) is 5.75 Å². The first-order valence-electron chi connectivity index (χ1n) is 6.42. The molecule has 0 atom stereocenters. The summed E-state index contributed by atoms with van der Waals surface area (Å²) in [6.07, 6.45) is 0. The van der Waals surface area contributed by atoms with Gasteiger partial charge in [-0.15, -0.1) is 0 Å². The topological polar surface area (TPSA) is 81.4 Å². The number of amides is 1. The van der Waals surface area contributed by atoms with Crippen LogP contribution in [0.4, 0.5) is 5.69 Å². The normalized spacial score (nSPS) is 9.95. The van der Waals surface area contributed by atoms with Gasteiger partial charge >= 0.3 is 0 Å². The van der Waals surface area contributed by atoms with Crippen LogP contribution in [0.5, 0.6) is 5.75 Å². The number of benzene rings is 2. The van der Waals surface area contributed by atoms with Crippen LogP contribution in [0.2, 0.25) is 0 Å². The van der Waals surface area contributed by atoms with Crippen LogP contribution in [0, 0.1) is 0 Å². The van der Waals surface area contributed by atoms with E-state index in [1.54, 1.807) is 55.6 Å². The summed E-state index contributed by atoms with van der Waals surface area (Å²) in [7, 11) is 1.56. The van der Waals surface area contributed by atoms with Crippen molar-refractivity contribution in [3.05, 3.63) is 59.7 Å². The monoisotopic (exact) mass is 284 g/mol. The Morgan fingerprint density at radius 2 is 1.76 bits per heavy atom. The maximum absolute atomic E-state index is 12.0. The molecule has 0 saturated heterocycles. The zero-order valence-corrected chi connectivity index (χ0v) is 11.6. The largest absolute Gasteiger partial charge is 0.497 e. The van der Waals surface area contributed by atoms with Crippen molar-refractivity contribution < 1.29 is 14.3 Å². The summed E-state index contributed by atoms with van der Waals surface area (Å²) in [5.74, 6) is 0.128. The number of nitrogens with two attached hydrogens (primary N) is 1. The lowest BCUT2D eigenvalue weighted by Gasteiger charge is -2.07. The Bertz CT molecular complexity index is 651. The van der Waals surface area contributed by atoms with E-state index in [4.69, 9.17) is 10.5 Å². The number of carbonyl (C=O) groups is 2. The SMILES string of the molecule is COc1ccc(C(=O)CNC(=O)c2ccccc2N)cc1. The first kappa shape index (κ1) is 14.6. The molecule has 2 aromatic carbocycles. The van der Waals surface area contributed by atoms with Crippen LogP contribution in [-0.2, 0) is 0 Å². The van der Waals surface area contributed by atoms with Gasteiger partial charge in [0.2, 0.25) is 0 Å². The average molecular weight is 284 g/mol. The minimum absolute atomic E-state index is 0.0838. The zero-order chi connectivity index (χ0) is 15.2. The van der Waals surface area contributed by atoms with Gasteiger partial charge in [0.15, 0.2) is 5.78 Å². The van der Waals surface area contributed by atoms with E-state index in [2.05, 4.69) is 5.32 Å². The number of nitrogen functional groups attached to an aromatic ring is 1. The Morgan fingerprint density at radius 1 is 1.10 bits per heavy atom. The maximum Gasteiger partial charge on any atom is 0.253 e. The van der Waals surface area contributed by atoms with Gasteiger partial charge in [0, 0.05) is 11.3 Å². The molecule has 0 aliphatic carbocycles. The standard InChI is InChI=1S/C16H16N2O3/c1-21-12-8-6-11(7-9-12)15(19)10-18-16(20)13-4-2-3-5-14(13)17/h2-9H,10,17H2,1H3,(H,18,20). The minimum Gasteiger partial charge on any atom is -0.497 e. The summed E-state index contributed by atoms with van der Waals surface area (Å²) in [4.78, 5) is 23.9. The number of para-hydroxylation sites is 1. The summed E-state index contributed by atoms with van der Waals surface area (Å²) in [5, 5.41) is 2.57. The fraction of sp³-hybridized carbons (Fsp3) is 0.125. The fourth-order valence-corrected chi connectivity index (χ4v) is 1.84. The summed E-state index contributed by atoms with van der Waals surface area (Å²) in [5.41, 5.74) is 6.97. The molecular formula is C16H16N2O3. The number of methoxy groups -OCH3 is 1. The van der Waals surface area contributed by atoms with Crippen molar-refractivity contribution in [2.45, 2.75) is 0 Å². The zero-order valence-electron chi connectivity index (χ0n) is 11.6. The molecule has 5 nitrogen and oxygen atoms in total. The average Bonchev–Trinajstić information content (AvgIpc) is 2.52. The summed E-state index contributed by atoms with van der Waals surface area (Å²) >= 11 is 0. The molecule has 2 aromatic rings. The molecule has 108 valence electrons. The van der Waals surface area contributed by atoms with Gasteiger partial charge in [0.1, 0.15) is 5.75 Å². The third kappa shape index (κ3) is 3.60. The lowest BCUT2D eigenvalue weighted by Crippen LogP contribution is -2.30. The number of ether oxygens (including phenoxy) is 1. The van der Waals surface area contributed by atoms with E-state index in [-0.39, 0.29) is 18.2 Å². The second-order valence-corrected chi connectivity index (χ2v) is 4.42. The molecule has 1 amide bonds. The van der Waals surface area contributed by atoms with E-state index in [9.17, 15) is 9.59 Å². The number of ketones is 1. The Labute approximate surface area is 122 Å². The number of carbonyl (C=O) groups excluding carboxylic acids is 2. The highest BCUT2D eigenvalue weighted by Crippen LogP contribution is 2.12.